The molecule has 2 rings (SSSR count). The van der Waals surface area contributed by atoms with E-state index in [2.05, 4.69) is 33.1 Å². The van der Waals surface area contributed by atoms with Gasteiger partial charge < -0.3 is 45.0 Å². The first-order valence-electron chi connectivity index (χ1n) is 18.8. The quantitative estimate of drug-likeness (QED) is 0.189. The van der Waals surface area contributed by atoms with Crippen LogP contribution in [0, 0.1) is 22.7 Å². The average Bonchev–Trinajstić information content (AvgIpc) is 3.05. The summed E-state index contributed by atoms with van der Waals surface area (Å²) in [7, 11) is 1.20. The molecule has 1 atom stereocenters. The third-order valence-corrected chi connectivity index (χ3v) is 9.03. The number of carbonyl (C=O) groups is 6. The summed E-state index contributed by atoms with van der Waals surface area (Å²) in [6, 6.07) is 3.59. The number of nitrogens with one attached hydrogen (secondary N) is 4. The summed E-state index contributed by atoms with van der Waals surface area (Å²) in [5.41, 5.74) is -3.46. The Morgan fingerprint density at radius 2 is 1.34 bits per heavy atom. The molecule has 0 fully saturated rings. The van der Waals surface area contributed by atoms with Gasteiger partial charge in [-0.2, -0.15) is 0 Å². The largest absolute Gasteiger partial charge is 0.467 e. The lowest BCUT2D eigenvalue weighted by Crippen LogP contribution is -2.45. The molecule has 0 saturated heterocycles. The normalized spacial score (nSPS) is 20.5. The highest BCUT2D eigenvalue weighted by Gasteiger charge is 2.34. The molecule has 0 aliphatic carbocycles. The monoisotopic (exact) mass is 786 g/mol. The van der Waals surface area contributed by atoms with Crippen molar-refractivity contribution in [2.75, 3.05) is 38.7 Å². The molecule has 0 aromatic heterocycles. The van der Waals surface area contributed by atoms with Gasteiger partial charge in [-0.25, -0.2) is 9.59 Å². The molecule has 56 heavy (non-hydrogen) atoms. The zero-order valence-corrected chi connectivity index (χ0v) is 35.2. The van der Waals surface area contributed by atoms with E-state index in [9.17, 15) is 28.8 Å². The molecule has 0 saturated carbocycles. The molecule has 1 aromatic carbocycles. The molecule has 1 aromatic rings. The first-order valence-corrected chi connectivity index (χ1v) is 18.8. The van der Waals surface area contributed by atoms with Crippen LogP contribution in [0.4, 0.5) is 10.5 Å². The number of ether oxygens (including phenoxy) is 5. The molecule has 1 aliphatic rings. The number of hydrogen-bond acceptors (Lipinski definition) is 11. The van der Waals surface area contributed by atoms with Gasteiger partial charge in [0.1, 0.15) is 11.6 Å². The van der Waals surface area contributed by atoms with Gasteiger partial charge in [0.15, 0.2) is 5.75 Å². The van der Waals surface area contributed by atoms with E-state index in [0.717, 1.165) is 0 Å². The third kappa shape index (κ3) is 17.0. The standard InChI is InChI=1S/C41H62N4O11/c1-37(2,3)56-36(51)45-29(33(48)52-12)26-27-13-14-30-28(25-27)44-34(49)38(4,5)19-23-53-40(8,9)17-21-42-31(46)15-16-32(47)43-22-18-41(10,11)54-24-20-39(6,7)35(50)55-30/h13-14,25,29H,17-24,26H2,1-12H3,(H,42,46)(H,43,47)(H,44,49)(H,45,51)/t29-/m0/s1. The summed E-state index contributed by atoms with van der Waals surface area (Å²) in [5.74, 6) is 1.80. The van der Waals surface area contributed by atoms with E-state index >= 15 is 0 Å². The van der Waals surface area contributed by atoms with Crippen LogP contribution in [0.15, 0.2) is 18.2 Å². The second-order valence-corrected chi connectivity index (χ2v) is 17.3. The molecule has 0 radical (unpaired) electrons. The van der Waals surface area contributed by atoms with E-state index in [-0.39, 0.29) is 50.6 Å². The minimum absolute atomic E-state index is 0.0370. The fourth-order valence-corrected chi connectivity index (χ4v) is 5.12. The second-order valence-electron chi connectivity index (χ2n) is 17.3. The number of carbonyl (C=O) groups excluding carboxylic acids is 6. The van der Waals surface area contributed by atoms with Crippen LogP contribution in [-0.2, 0) is 49.3 Å². The maximum absolute atomic E-state index is 13.9. The summed E-state index contributed by atoms with van der Waals surface area (Å²) in [4.78, 5) is 77.3. The molecule has 312 valence electrons. The van der Waals surface area contributed by atoms with Crippen molar-refractivity contribution in [3.05, 3.63) is 23.8 Å². The predicted molar refractivity (Wildman–Crippen MR) is 209 cm³/mol. The topological polar surface area (TPSA) is 197 Å². The highest BCUT2D eigenvalue weighted by atomic mass is 16.6. The lowest BCUT2D eigenvalue weighted by Gasteiger charge is -2.30. The molecule has 0 spiro atoms. The van der Waals surface area contributed by atoms with Crippen LogP contribution >= 0.6 is 0 Å². The number of rotatable bonds is 4. The SMILES string of the molecule is COC(=O)[C@H](Cc1ccc2c(c1)NC(=O)C(C)(C)CCOC(C)(C)CCNC(=O)C#CC(=O)NCCC(C)(C)OCCC(C)(C)C(=O)O2)NC(=O)OC(C)(C)C. The Bertz CT molecular complexity index is 1650. The molecule has 4 N–H and O–H groups in total. The van der Waals surface area contributed by atoms with Crippen molar-refractivity contribution >= 4 is 41.4 Å². The molecule has 1 aliphatic heterocycles. The van der Waals surface area contributed by atoms with Gasteiger partial charge in [-0.05, 0) is 106 Å². The molecule has 1 heterocycles. The number of amides is 4. The molecule has 15 nitrogen and oxygen atoms in total. The van der Waals surface area contributed by atoms with E-state index in [1.54, 1.807) is 60.6 Å². The maximum Gasteiger partial charge on any atom is 0.408 e. The number of esters is 2. The first kappa shape index (κ1) is 47.5. The smallest absolute Gasteiger partial charge is 0.408 e. The molecule has 0 unspecified atom stereocenters. The summed E-state index contributed by atoms with van der Waals surface area (Å²) >= 11 is 0. The van der Waals surface area contributed by atoms with Crippen LogP contribution in [0.25, 0.3) is 0 Å². The van der Waals surface area contributed by atoms with Crippen molar-refractivity contribution in [1.82, 2.24) is 16.0 Å². The van der Waals surface area contributed by atoms with Gasteiger partial charge in [0.05, 0.1) is 29.4 Å². The van der Waals surface area contributed by atoms with Crippen LogP contribution in [0.1, 0.15) is 107 Å². The minimum atomic E-state index is -1.13. The van der Waals surface area contributed by atoms with Gasteiger partial charge in [-0.3, -0.25) is 19.2 Å². The average molecular weight is 787 g/mol. The molecule has 15 heteroatoms. The zero-order chi connectivity index (χ0) is 42.5. The van der Waals surface area contributed by atoms with Crippen molar-refractivity contribution in [3.63, 3.8) is 0 Å². The first-order chi connectivity index (χ1) is 25.7. The summed E-state index contributed by atoms with van der Waals surface area (Å²) in [5, 5.41) is 10.8. The zero-order valence-electron chi connectivity index (χ0n) is 35.2. The molecular formula is C41H62N4O11. The number of methoxy groups -OCH3 is 1. The van der Waals surface area contributed by atoms with Gasteiger partial charge in [0, 0.05) is 50.0 Å². The minimum Gasteiger partial charge on any atom is -0.467 e. The number of alkyl carbamates (subject to hydrolysis) is 1. The van der Waals surface area contributed by atoms with Gasteiger partial charge in [0.25, 0.3) is 11.8 Å². The van der Waals surface area contributed by atoms with E-state index in [0.29, 0.717) is 24.8 Å². The Morgan fingerprint density at radius 3 is 1.84 bits per heavy atom. The molecule has 4 amide bonds. The summed E-state index contributed by atoms with van der Waals surface area (Å²) in [6.07, 6.45) is 0.600. The van der Waals surface area contributed by atoms with Crippen LogP contribution in [0.2, 0.25) is 0 Å². The van der Waals surface area contributed by atoms with Crippen molar-refractivity contribution in [3.8, 4) is 17.6 Å². The molecule has 0 bridgehead atoms. The number of hydrogen-bond donors (Lipinski definition) is 4. The van der Waals surface area contributed by atoms with Gasteiger partial charge in [-0.15, -0.1) is 0 Å². The van der Waals surface area contributed by atoms with Crippen LogP contribution < -0.4 is 26.0 Å². The highest BCUT2D eigenvalue weighted by Crippen LogP contribution is 2.33. The van der Waals surface area contributed by atoms with E-state index < -0.39 is 69.4 Å². The van der Waals surface area contributed by atoms with Gasteiger partial charge in [-0.1, -0.05) is 19.9 Å². The van der Waals surface area contributed by atoms with Gasteiger partial charge >= 0.3 is 18.0 Å². The van der Waals surface area contributed by atoms with E-state index in [1.807, 2.05) is 27.7 Å². The third-order valence-electron chi connectivity index (χ3n) is 9.03. The van der Waals surface area contributed by atoms with Crippen molar-refractivity contribution < 1.29 is 52.5 Å². The fourth-order valence-electron chi connectivity index (χ4n) is 5.12. The number of fused-ring (bicyclic) bond motifs is 1. The van der Waals surface area contributed by atoms with Crippen LogP contribution in [-0.4, -0.2) is 92.0 Å². The Balaban J connectivity index is 2.45. The van der Waals surface area contributed by atoms with Crippen LogP contribution in [0.3, 0.4) is 0 Å². The summed E-state index contributed by atoms with van der Waals surface area (Å²) in [6.45, 7) is 20.3. The van der Waals surface area contributed by atoms with Crippen LogP contribution in [0.5, 0.6) is 5.75 Å². The maximum atomic E-state index is 13.9. The lowest BCUT2D eigenvalue weighted by molar-refractivity contribution is -0.146. The summed E-state index contributed by atoms with van der Waals surface area (Å²) < 4.78 is 28.4. The van der Waals surface area contributed by atoms with Crippen molar-refractivity contribution in [1.29, 1.82) is 0 Å². The Labute approximate surface area is 331 Å². The Morgan fingerprint density at radius 1 is 0.821 bits per heavy atom. The fraction of sp³-hybridized carbons (Fsp3) is 0.659. The lowest BCUT2D eigenvalue weighted by atomic mass is 9.88. The van der Waals surface area contributed by atoms with Crippen molar-refractivity contribution in [2.24, 2.45) is 10.8 Å². The predicted octanol–water partition coefficient (Wildman–Crippen LogP) is 4.59. The van der Waals surface area contributed by atoms with Gasteiger partial charge in [0.2, 0.25) is 5.91 Å². The van der Waals surface area contributed by atoms with E-state index in [4.69, 9.17) is 23.7 Å². The Kier molecular flexibility index (Phi) is 16.9. The number of anilines is 1. The highest BCUT2D eigenvalue weighted by molar-refractivity contribution is 6.02. The Hall–Kier alpha value is -4.68. The van der Waals surface area contributed by atoms with E-state index in [1.165, 1.54) is 13.2 Å². The van der Waals surface area contributed by atoms with Crippen molar-refractivity contribution in [2.45, 2.75) is 131 Å². The molecular weight excluding hydrogens is 724 g/mol. The second kappa shape index (κ2) is 20.0. The number of benzene rings is 1.